The van der Waals surface area contributed by atoms with Crippen LogP contribution < -0.4 is 21.3 Å². The summed E-state index contributed by atoms with van der Waals surface area (Å²) in [6.45, 7) is 7.60. The van der Waals surface area contributed by atoms with Crippen LogP contribution in [-0.4, -0.2) is 99.8 Å². The number of hydrogen-bond acceptors (Lipinski definition) is 9. The molecule has 1 heterocycles. The SMILES string of the molecule is CC(C)C[C@H](NC(=O)[C@@H](NC(=O)[C@@H](NC(=O)[C@H](C)C(=O)N[C@@H](Cc1ccccc1)C(=O)O)[C@@H](C)O)[C@H](C)O)C(=O)[C@H]1CO1. The van der Waals surface area contributed by atoms with Crippen LogP contribution in [0, 0.1) is 11.8 Å². The second-order valence-electron chi connectivity index (χ2n) is 11.2. The minimum Gasteiger partial charge on any atom is -0.480 e. The van der Waals surface area contributed by atoms with Gasteiger partial charge in [0, 0.05) is 6.42 Å². The maximum absolute atomic E-state index is 13.1. The molecular formula is C29H42N4O10. The van der Waals surface area contributed by atoms with E-state index in [9.17, 15) is 44.1 Å². The van der Waals surface area contributed by atoms with Crippen LogP contribution in [0.5, 0.6) is 0 Å². The number of ether oxygens (including phenoxy) is 1. The van der Waals surface area contributed by atoms with Crippen LogP contribution in [0.1, 0.15) is 46.6 Å². The average molecular weight is 607 g/mol. The highest BCUT2D eigenvalue weighted by molar-refractivity contribution is 6.03. The molecule has 1 aliphatic heterocycles. The fourth-order valence-corrected chi connectivity index (χ4v) is 4.21. The van der Waals surface area contributed by atoms with Gasteiger partial charge in [0.25, 0.3) is 0 Å². The summed E-state index contributed by atoms with van der Waals surface area (Å²) in [6.07, 6.45) is -3.28. The van der Waals surface area contributed by atoms with Gasteiger partial charge in [-0.25, -0.2) is 4.79 Å². The molecule has 0 aromatic heterocycles. The Kier molecular flexibility index (Phi) is 13.2. The lowest BCUT2D eigenvalue weighted by molar-refractivity contribution is -0.144. The van der Waals surface area contributed by atoms with E-state index in [-0.39, 0.29) is 24.7 Å². The third kappa shape index (κ3) is 11.0. The molecule has 1 saturated heterocycles. The second kappa shape index (κ2) is 16.1. The molecule has 43 heavy (non-hydrogen) atoms. The van der Waals surface area contributed by atoms with Crippen molar-refractivity contribution in [2.75, 3.05) is 6.61 Å². The first-order valence-corrected chi connectivity index (χ1v) is 14.1. The van der Waals surface area contributed by atoms with E-state index in [0.29, 0.717) is 12.0 Å². The summed E-state index contributed by atoms with van der Waals surface area (Å²) in [5.41, 5.74) is 0.649. The molecule has 14 heteroatoms. The normalized spacial score (nSPS) is 19.0. The maximum Gasteiger partial charge on any atom is 0.326 e. The van der Waals surface area contributed by atoms with Crippen molar-refractivity contribution in [2.24, 2.45) is 11.8 Å². The molecule has 14 nitrogen and oxygen atoms in total. The smallest absolute Gasteiger partial charge is 0.326 e. The molecule has 4 amide bonds. The number of aliphatic hydroxyl groups excluding tert-OH is 2. The van der Waals surface area contributed by atoms with Gasteiger partial charge < -0.3 is 41.3 Å². The second-order valence-corrected chi connectivity index (χ2v) is 11.2. The van der Waals surface area contributed by atoms with E-state index in [0.717, 1.165) is 0 Å². The summed E-state index contributed by atoms with van der Waals surface area (Å²) in [4.78, 5) is 76.0. The number of carboxylic acids is 1. The Labute approximate surface area is 249 Å². The van der Waals surface area contributed by atoms with Crippen molar-refractivity contribution >= 4 is 35.4 Å². The first-order valence-electron chi connectivity index (χ1n) is 14.1. The molecule has 1 fully saturated rings. The zero-order valence-corrected chi connectivity index (χ0v) is 24.9. The van der Waals surface area contributed by atoms with E-state index in [1.165, 1.54) is 20.8 Å². The first-order chi connectivity index (χ1) is 20.1. The number of epoxide rings is 1. The van der Waals surface area contributed by atoms with Crippen LogP contribution in [0.15, 0.2) is 30.3 Å². The molecule has 7 N–H and O–H groups in total. The quantitative estimate of drug-likeness (QED) is 0.0817. The van der Waals surface area contributed by atoms with Crippen LogP contribution in [0.25, 0.3) is 0 Å². The van der Waals surface area contributed by atoms with Crippen LogP contribution in [0.4, 0.5) is 0 Å². The van der Waals surface area contributed by atoms with E-state index in [2.05, 4.69) is 21.3 Å². The van der Waals surface area contributed by atoms with E-state index < -0.39 is 78.0 Å². The molecule has 2 rings (SSSR count). The maximum atomic E-state index is 13.1. The number of rotatable bonds is 17. The number of carboxylic acid groups (broad SMARTS) is 1. The molecule has 0 aliphatic carbocycles. The lowest BCUT2D eigenvalue weighted by atomic mass is 9.98. The van der Waals surface area contributed by atoms with Gasteiger partial charge in [-0.3, -0.25) is 24.0 Å². The van der Waals surface area contributed by atoms with Crippen LogP contribution in [-0.2, 0) is 39.9 Å². The lowest BCUT2D eigenvalue weighted by Gasteiger charge is -2.28. The number of Topliss-reactive ketones (excluding diaryl/α,β-unsaturated/α-hetero) is 1. The Morgan fingerprint density at radius 3 is 1.70 bits per heavy atom. The molecule has 1 aromatic carbocycles. The highest BCUT2D eigenvalue weighted by Gasteiger charge is 2.39. The lowest BCUT2D eigenvalue weighted by Crippen LogP contribution is -2.61. The third-order valence-electron chi connectivity index (χ3n) is 6.83. The highest BCUT2D eigenvalue weighted by atomic mass is 16.6. The topological polar surface area (TPSA) is 224 Å². The average Bonchev–Trinajstić information content (AvgIpc) is 3.78. The van der Waals surface area contributed by atoms with E-state index >= 15 is 0 Å². The van der Waals surface area contributed by atoms with Crippen molar-refractivity contribution < 1.29 is 48.8 Å². The zero-order chi connectivity index (χ0) is 32.4. The fraction of sp³-hybridized carbons (Fsp3) is 0.586. The number of amides is 4. The van der Waals surface area contributed by atoms with E-state index in [1.807, 2.05) is 13.8 Å². The molecule has 1 aromatic rings. The van der Waals surface area contributed by atoms with Gasteiger partial charge in [-0.1, -0.05) is 44.2 Å². The number of carbonyl (C=O) groups is 6. The van der Waals surface area contributed by atoms with Crippen molar-refractivity contribution in [1.82, 2.24) is 21.3 Å². The van der Waals surface area contributed by atoms with Crippen molar-refractivity contribution in [2.45, 2.75) is 89.9 Å². The molecular weight excluding hydrogens is 564 g/mol. The van der Waals surface area contributed by atoms with Crippen molar-refractivity contribution in [1.29, 1.82) is 0 Å². The van der Waals surface area contributed by atoms with Crippen LogP contribution in [0.3, 0.4) is 0 Å². The van der Waals surface area contributed by atoms with E-state index in [1.54, 1.807) is 30.3 Å². The van der Waals surface area contributed by atoms with Crippen LogP contribution in [0.2, 0.25) is 0 Å². The highest BCUT2D eigenvalue weighted by Crippen LogP contribution is 2.17. The van der Waals surface area contributed by atoms with Gasteiger partial charge in [0.15, 0.2) is 5.78 Å². The Balaban J connectivity index is 2.07. The van der Waals surface area contributed by atoms with Gasteiger partial charge in [0.2, 0.25) is 23.6 Å². The van der Waals surface area contributed by atoms with Crippen molar-refractivity contribution in [3.05, 3.63) is 35.9 Å². The van der Waals surface area contributed by atoms with Crippen LogP contribution >= 0.6 is 0 Å². The first kappa shape index (κ1) is 35.3. The number of hydrogen-bond donors (Lipinski definition) is 7. The summed E-state index contributed by atoms with van der Waals surface area (Å²) in [6, 6.07) is 3.11. The Bertz CT molecular complexity index is 1150. The van der Waals surface area contributed by atoms with Gasteiger partial charge >= 0.3 is 5.97 Å². The predicted octanol–water partition coefficient (Wildman–Crippen LogP) is -1.34. The molecule has 0 radical (unpaired) electrons. The summed E-state index contributed by atoms with van der Waals surface area (Å²) in [5, 5.41) is 39.4. The largest absolute Gasteiger partial charge is 0.480 e. The number of aliphatic carboxylic acids is 1. The van der Waals surface area contributed by atoms with Gasteiger partial charge in [0.05, 0.1) is 24.9 Å². The summed E-state index contributed by atoms with van der Waals surface area (Å²) < 4.78 is 5.03. The monoisotopic (exact) mass is 606 g/mol. The summed E-state index contributed by atoms with van der Waals surface area (Å²) >= 11 is 0. The number of aliphatic hydroxyl groups is 2. The third-order valence-corrected chi connectivity index (χ3v) is 6.83. The molecule has 0 saturated carbocycles. The van der Waals surface area contributed by atoms with Gasteiger partial charge in [0.1, 0.15) is 30.1 Å². The molecule has 0 bridgehead atoms. The number of nitrogens with one attached hydrogen (secondary N) is 4. The molecule has 0 spiro atoms. The van der Waals surface area contributed by atoms with E-state index in [4.69, 9.17) is 4.74 Å². The van der Waals surface area contributed by atoms with Gasteiger partial charge in [-0.05, 0) is 38.7 Å². The Hall–Kier alpha value is -3.88. The molecule has 8 atom stereocenters. The number of carbonyl (C=O) groups excluding carboxylic acids is 5. The molecule has 1 aliphatic rings. The number of ketones is 1. The van der Waals surface area contributed by atoms with Gasteiger partial charge in [-0.15, -0.1) is 0 Å². The summed E-state index contributed by atoms with van der Waals surface area (Å²) in [5.74, 6) is -6.88. The zero-order valence-electron chi connectivity index (χ0n) is 24.9. The minimum atomic E-state index is -1.65. The van der Waals surface area contributed by atoms with Crippen molar-refractivity contribution in [3.8, 4) is 0 Å². The standard InChI is InChI=1S/C29H42N4O10/c1-14(2)11-19(24(36)21-13-43-21)30-27(39)22(16(4)34)33-28(40)23(17(5)35)32-26(38)15(3)25(37)31-20(29(41)42)12-18-9-7-6-8-10-18/h6-10,14-17,19-23,34-35H,11-13H2,1-5H3,(H,30,39)(H,31,37)(H,32,38)(H,33,40)(H,41,42)/t15-,16+,17-,19+,20+,21-,22+,23+/m1/s1. The Morgan fingerprint density at radius 1 is 0.767 bits per heavy atom. The fourth-order valence-electron chi connectivity index (χ4n) is 4.21. The Morgan fingerprint density at radius 2 is 1.23 bits per heavy atom. The van der Waals surface area contributed by atoms with Crippen molar-refractivity contribution in [3.63, 3.8) is 0 Å². The minimum absolute atomic E-state index is 0.0327. The molecule has 238 valence electrons. The molecule has 0 unspecified atom stereocenters. The van der Waals surface area contributed by atoms with Gasteiger partial charge in [-0.2, -0.15) is 0 Å². The summed E-state index contributed by atoms with van der Waals surface area (Å²) in [7, 11) is 0. The number of benzene rings is 1. The predicted molar refractivity (Wildman–Crippen MR) is 152 cm³/mol.